The van der Waals surface area contributed by atoms with E-state index < -0.39 is 5.60 Å². The molecule has 0 spiro atoms. The molecule has 4 heteroatoms. The van der Waals surface area contributed by atoms with Gasteiger partial charge in [-0.1, -0.05) is 13.3 Å². The van der Waals surface area contributed by atoms with Crippen molar-refractivity contribution in [1.82, 2.24) is 0 Å². The molecular weight excluding hydrogens is 254 g/mol. The summed E-state index contributed by atoms with van der Waals surface area (Å²) in [6.45, 7) is 8.38. The third-order valence-corrected chi connectivity index (χ3v) is 3.39. The molecule has 1 amide bonds. The Morgan fingerprint density at radius 1 is 1.35 bits per heavy atom. The maximum atomic E-state index is 12.3. The van der Waals surface area contributed by atoms with Crippen molar-refractivity contribution in [2.45, 2.75) is 46.1 Å². The molecule has 0 unspecified atom stereocenters. The van der Waals surface area contributed by atoms with Crippen LogP contribution in [0, 0.1) is 6.92 Å². The predicted octanol–water partition coefficient (Wildman–Crippen LogP) is 3.54. The molecule has 0 fully saturated rings. The van der Waals surface area contributed by atoms with Gasteiger partial charge >= 0.3 is 0 Å². The number of hydrogen-bond donors (Lipinski definition) is 1. The van der Waals surface area contributed by atoms with Gasteiger partial charge in [-0.15, -0.1) is 0 Å². The van der Waals surface area contributed by atoms with Crippen molar-refractivity contribution in [1.29, 1.82) is 0 Å². The monoisotopic (exact) mass is 279 g/mol. The van der Waals surface area contributed by atoms with Gasteiger partial charge in [-0.3, -0.25) is 4.79 Å². The molecule has 1 aromatic rings. The van der Waals surface area contributed by atoms with Crippen molar-refractivity contribution >= 4 is 11.6 Å². The summed E-state index contributed by atoms with van der Waals surface area (Å²) in [5.74, 6) is 0.721. The molecule has 1 N–H and O–H groups in total. The average Bonchev–Trinajstić information content (AvgIpc) is 2.42. The van der Waals surface area contributed by atoms with Crippen LogP contribution in [0.25, 0.3) is 0 Å². The maximum absolute atomic E-state index is 12.3. The van der Waals surface area contributed by atoms with Crippen molar-refractivity contribution < 1.29 is 14.3 Å². The van der Waals surface area contributed by atoms with Gasteiger partial charge in [0.2, 0.25) is 0 Å². The maximum Gasteiger partial charge on any atom is 0.256 e. The summed E-state index contributed by atoms with van der Waals surface area (Å²) >= 11 is 0. The molecule has 0 aliphatic carbocycles. The first-order chi connectivity index (χ1) is 9.46. The molecule has 0 aliphatic rings. The van der Waals surface area contributed by atoms with Crippen LogP contribution in [0.1, 0.15) is 39.2 Å². The van der Waals surface area contributed by atoms with Crippen molar-refractivity contribution in [2.75, 3.05) is 19.0 Å². The summed E-state index contributed by atoms with van der Waals surface area (Å²) in [6, 6.07) is 5.63. The van der Waals surface area contributed by atoms with E-state index in [1.807, 2.05) is 45.9 Å². The standard InChI is InChI=1S/C16H25NO3/c1-6-10-16(4,19-5)15(18)17-13-8-9-14(20-7-2)12(3)11-13/h8-9,11H,6-7,10H2,1-5H3,(H,17,18)/t16-/m0/s1. The Morgan fingerprint density at radius 2 is 2.05 bits per heavy atom. The smallest absolute Gasteiger partial charge is 0.256 e. The van der Waals surface area contributed by atoms with Crippen molar-refractivity contribution in [3.05, 3.63) is 23.8 Å². The van der Waals surface area contributed by atoms with E-state index in [1.54, 1.807) is 7.11 Å². The fourth-order valence-electron chi connectivity index (χ4n) is 2.09. The van der Waals surface area contributed by atoms with Gasteiger partial charge in [0.1, 0.15) is 11.4 Å². The molecule has 0 saturated carbocycles. The first-order valence-electron chi connectivity index (χ1n) is 7.07. The quantitative estimate of drug-likeness (QED) is 0.830. The summed E-state index contributed by atoms with van der Waals surface area (Å²) in [6.07, 6.45) is 1.57. The first-order valence-corrected chi connectivity index (χ1v) is 7.07. The summed E-state index contributed by atoms with van der Waals surface area (Å²) in [5, 5.41) is 2.91. The highest BCUT2D eigenvalue weighted by Gasteiger charge is 2.32. The lowest BCUT2D eigenvalue weighted by atomic mass is 9.99. The Bertz CT molecular complexity index is 459. The van der Waals surface area contributed by atoms with Gasteiger partial charge in [0, 0.05) is 12.8 Å². The highest BCUT2D eigenvalue weighted by atomic mass is 16.5. The fraction of sp³-hybridized carbons (Fsp3) is 0.562. The number of ether oxygens (including phenoxy) is 2. The van der Waals surface area contributed by atoms with E-state index in [0.29, 0.717) is 13.0 Å². The number of hydrogen-bond acceptors (Lipinski definition) is 3. The van der Waals surface area contributed by atoms with Gasteiger partial charge in [0.05, 0.1) is 6.61 Å². The van der Waals surface area contributed by atoms with E-state index in [-0.39, 0.29) is 5.91 Å². The van der Waals surface area contributed by atoms with Crippen LogP contribution in [0.5, 0.6) is 5.75 Å². The molecule has 0 radical (unpaired) electrons. The molecule has 1 aromatic carbocycles. The summed E-state index contributed by atoms with van der Waals surface area (Å²) < 4.78 is 10.9. The van der Waals surface area contributed by atoms with Crippen LogP contribution in [0.3, 0.4) is 0 Å². The molecule has 112 valence electrons. The Morgan fingerprint density at radius 3 is 2.55 bits per heavy atom. The van der Waals surface area contributed by atoms with E-state index in [1.165, 1.54) is 0 Å². The zero-order chi connectivity index (χ0) is 15.2. The van der Waals surface area contributed by atoms with E-state index in [0.717, 1.165) is 23.4 Å². The van der Waals surface area contributed by atoms with Gasteiger partial charge < -0.3 is 14.8 Å². The van der Waals surface area contributed by atoms with Crippen LogP contribution < -0.4 is 10.1 Å². The van der Waals surface area contributed by atoms with E-state index in [2.05, 4.69) is 5.32 Å². The highest BCUT2D eigenvalue weighted by Crippen LogP contribution is 2.24. The van der Waals surface area contributed by atoms with E-state index in [4.69, 9.17) is 9.47 Å². The molecule has 0 bridgehead atoms. The lowest BCUT2D eigenvalue weighted by Gasteiger charge is -2.26. The Hall–Kier alpha value is -1.55. The van der Waals surface area contributed by atoms with E-state index in [9.17, 15) is 4.79 Å². The van der Waals surface area contributed by atoms with Crippen molar-refractivity contribution in [3.63, 3.8) is 0 Å². The highest BCUT2D eigenvalue weighted by molar-refractivity contribution is 5.97. The van der Waals surface area contributed by atoms with Crippen LogP contribution in [0.4, 0.5) is 5.69 Å². The third-order valence-electron chi connectivity index (χ3n) is 3.39. The van der Waals surface area contributed by atoms with Crippen LogP contribution in [0.2, 0.25) is 0 Å². The second-order valence-electron chi connectivity index (χ2n) is 5.05. The van der Waals surface area contributed by atoms with Crippen molar-refractivity contribution in [2.24, 2.45) is 0 Å². The van der Waals surface area contributed by atoms with Crippen LogP contribution in [-0.2, 0) is 9.53 Å². The topological polar surface area (TPSA) is 47.6 Å². The zero-order valence-corrected chi connectivity index (χ0v) is 13.1. The fourth-order valence-corrected chi connectivity index (χ4v) is 2.09. The first kappa shape index (κ1) is 16.5. The van der Waals surface area contributed by atoms with Gasteiger partial charge in [0.15, 0.2) is 0 Å². The SMILES string of the molecule is CCC[C@](C)(OC)C(=O)Nc1ccc(OCC)c(C)c1. The van der Waals surface area contributed by atoms with Crippen LogP contribution in [-0.4, -0.2) is 25.2 Å². The minimum absolute atomic E-state index is 0.120. The predicted molar refractivity (Wildman–Crippen MR) is 81.3 cm³/mol. The number of rotatable bonds is 7. The van der Waals surface area contributed by atoms with E-state index >= 15 is 0 Å². The minimum atomic E-state index is -0.790. The second-order valence-corrected chi connectivity index (χ2v) is 5.05. The summed E-state index contributed by atoms with van der Waals surface area (Å²) in [5.41, 5.74) is 0.968. The molecule has 0 saturated heterocycles. The summed E-state index contributed by atoms with van der Waals surface area (Å²) in [4.78, 5) is 12.3. The normalized spacial score (nSPS) is 13.7. The Kier molecular flexibility index (Phi) is 6.02. The number of amides is 1. The number of benzene rings is 1. The summed E-state index contributed by atoms with van der Waals surface area (Å²) in [7, 11) is 1.57. The molecule has 1 atom stereocenters. The molecule has 0 heterocycles. The average molecular weight is 279 g/mol. The molecule has 0 aliphatic heterocycles. The number of methoxy groups -OCH3 is 1. The largest absolute Gasteiger partial charge is 0.494 e. The number of carbonyl (C=O) groups is 1. The van der Waals surface area contributed by atoms with Gasteiger partial charge in [-0.25, -0.2) is 0 Å². The lowest BCUT2D eigenvalue weighted by Crippen LogP contribution is -2.41. The molecule has 0 aromatic heterocycles. The lowest BCUT2D eigenvalue weighted by molar-refractivity contribution is -0.136. The third kappa shape index (κ3) is 3.97. The van der Waals surface area contributed by atoms with Gasteiger partial charge in [-0.05, 0) is 51.0 Å². The van der Waals surface area contributed by atoms with Crippen molar-refractivity contribution in [3.8, 4) is 5.75 Å². The van der Waals surface area contributed by atoms with Gasteiger partial charge in [0.25, 0.3) is 5.91 Å². The molecule has 1 rings (SSSR count). The molecule has 20 heavy (non-hydrogen) atoms. The molecular formula is C16H25NO3. The van der Waals surface area contributed by atoms with Crippen LogP contribution >= 0.6 is 0 Å². The number of carbonyl (C=O) groups excluding carboxylic acids is 1. The number of aryl methyl sites for hydroxylation is 1. The second kappa shape index (κ2) is 7.29. The Labute approximate surface area is 121 Å². The van der Waals surface area contributed by atoms with Gasteiger partial charge in [-0.2, -0.15) is 0 Å². The molecule has 4 nitrogen and oxygen atoms in total. The number of anilines is 1. The number of nitrogens with one attached hydrogen (secondary N) is 1. The zero-order valence-electron chi connectivity index (χ0n) is 13.1. The minimum Gasteiger partial charge on any atom is -0.494 e. The Balaban J connectivity index is 2.82. The van der Waals surface area contributed by atoms with Crippen LogP contribution in [0.15, 0.2) is 18.2 Å².